The van der Waals surface area contributed by atoms with Gasteiger partial charge in [-0.15, -0.1) is 11.3 Å². The van der Waals surface area contributed by atoms with Gasteiger partial charge in [0.25, 0.3) is 0 Å². The van der Waals surface area contributed by atoms with Crippen molar-refractivity contribution in [3.05, 3.63) is 17.3 Å². The normalized spacial score (nSPS) is 20.2. The molecule has 1 aliphatic heterocycles. The van der Waals surface area contributed by atoms with Crippen molar-refractivity contribution >= 4 is 33.9 Å². The Bertz CT molecular complexity index is 575. The molecule has 3 rings (SSSR count). The molecular weight excluding hydrogens is 288 g/mol. The van der Waals surface area contributed by atoms with E-state index in [1.54, 1.807) is 11.3 Å². The quantitative estimate of drug-likeness (QED) is 0.941. The van der Waals surface area contributed by atoms with E-state index in [1.807, 2.05) is 0 Å². The van der Waals surface area contributed by atoms with Crippen LogP contribution in [0.4, 0.5) is 5.82 Å². The summed E-state index contributed by atoms with van der Waals surface area (Å²) in [6.07, 6.45) is 2.13. The Labute approximate surface area is 128 Å². The Morgan fingerprint density at radius 2 is 2.35 bits per heavy atom. The van der Waals surface area contributed by atoms with E-state index in [4.69, 9.17) is 4.98 Å². The van der Waals surface area contributed by atoms with Crippen LogP contribution in [0.25, 0.3) is 4.96 Å². The first-order chi connectivity index (χ1) is 9.65. The number of fused-ring (bicyclic) bond motifs is 1. The fourth-order valence-electron chi connectivity index (χ4n) is 2.55. The van der Waals surface area contributed by atoms with Crippen molar-refractivity contribution in [2.45, 2.75) is 38.6 Å². The van der Waals surface area contributed by atoms with Crippen LogP contribution in [0.2, 0.25) is 0 Å². The van der Waals surface area contributed by atoms with E-state index in [9.17, 15) is 0 Å². The molecule has 110 valence electrons. The van der Waals surface area contributed by atoms with Gasteiger partial charge in [0.2, 0.25) is 0 Å². The van der Waals surface area contributed by atoms with Gasteiger partial charge >= 0.3 is 0 Å². The van der Waals surface area contributed by atoms with Gasteiger partial charge in [0, 0.05) is 48.3 Å². The maximum absolute atomic E-state index is 4.87. The number of thiazole rings is 1. The summed E-state index contributed by atoms with van der Waals surface area (Å²) in [7, 11) is 0. The minimum absolute atomic E-state index is 0.489. The van der Waals surface area contributed by atoms with Crippen molar-refractivity contribution in [3.63, 3.8) is 0 Å². The second kappa shape index (κ2) is 5.95. The predicted molar refractivity (Wildman–Crippen MR) is 89.2 cm³/mol. The van der Waals surface area contributed by atoms with Crippen LogP contribution in [0.1, 0.15) is 26.5 Å². The topological polar surface area (TPSA) is 32.6 Å². The largest absolute Gasteiger partial charge is 0.353 e. The van der Waals surface area contributed by atoms with Gasteiger partial charge in [-0.05, 0) is 0 Å². The van der Waals surface area contributed by atoms with E-state index >= 15 is 0 Å². The molecule has 6 heteroatoms. The lowest BCUT2D eigenvalue weighted by molar-refractivity contribution is 0.578. The third-order valence-corrected chi connectivity index (χ3v) is 5.45. The highest BCUT2D eigenvalue weighted by Crippen LogP contribution is 2.28. The zero-order valence-corrected chi connectivity index (χ0v) is 13.9. The molecular formula is C14H22N4S2. The van der Waals surface area contributed by atoms with Crippen molar-refractivity contribution in [2.75, 3.05) is 23.7 Å². The van der Waals surface area contributed by atoms with Gasteiger partial charge in [-0.1, -0.05) is 20.8 Å². The Balaban J connectivity index is 1.91. The number of nitrogens with one attached hydrogen (secondary N) is 1. The Morgan fingerprint density at radius 3 is 3.10 bits per heavy atom. The zero-order valence-electron chi connectivity index (χ0n) is 12.3. The molecule has 0 amide bonds. The molecule has 1 unspecified atom stereocenters. The molecule has 1 saturated heterocycles. The van der Waals surface area contributed by atoms with Crippen molar-refractivity contribution < 1.29 is 0 Å². The number of imidazole rings is 1. The summed E-state index contributed by atoms with van der Waals surface area (Å²) >= 11 is 3.77. The lowest BCUT2D eigenvalue weighted by Gasteiger charge is -2.31. The summed E-state index contributed by atoms with van der Waals surface area (Å²) < 4.78 is 2.24. The summed E-state index contributed by atoms with van der Waals surface area (Å²) in [4.78, 5) is 8.43. The Morgan fingerprint density at radius 1 is 1.50 bits per heavy atom. The molecule has 20 heavy (non-hydrogen) atoms. The van der Waals surface area contributed by atoms with Gasteiger partial charge in [-0.2, -0.15) is 11.8 Å². The smallest absolute Gasteiger partial charge is 0.195 e. The molecule has 1 aliphatic rings. The minimum atomic E-state index is 0.489. The van der Waals surface area contributed by atoms with Crippen molar-refractivity contribution in [1.82, 2.24) is 14.7 Å². The highest BCUT2D eigenvalue weighted by Gasteiger charge is 2.23. The second-order valence-electron chi connectivity index (χ2n) is 5.60. The van der Waals surface area contributed by atoms with E-state index in [0.717, 1.165) is 24.6 Å². The van der Waals surface area contributed by atoms with Gasteiger partial charge < -0.3 is 10.2 Å². The lowest BCUT2D eigenvalue weighted by atomic mass is 10.3. The van der Waals surface area contributed by atoms with Crippen LogP contribution in [-0.2, 0) is 6.54 Å². The maximum Gasteiger partial charge on any atom is 0.195 e. The number of rotatable bonds is 4. The Hall–Kier alpha value is -0.720. The summed E-state index contributed by atoms with van der Waals surface area (Å²) in [6.45, 7) is 9.76. The first kappa shape index (κ1) is 14.2. The van der Waals surface area contributed by atoms with E-state index in [2.05, 4.69) is 58.7 Å². The number of aromatic nitrogens is 2. The highest BCUT2D eigenvalue weighted by molar-refractivity contribution is 8.00. The van der Waals surface area contributed by atoms with Crippen molar-refractivity contribution in [3.8, 4) is 0 Å². The molecule has 4 nitrogen and oxygen atoms in total. The molecule has 0 aliphatic carbocycles. The predicted octanol–water partition coefficient (Wildman–Crippen LogP) is 2.84. The van der Waals surface area contributed by atoms with Crippen LogP contribution >= 0.6 is 23.1 Å². The van der Waals surface area contributed by atoms with E-state index in [1.165, 1.54) is 17.3 Å². The maximum atomic E-state index is 4.87. The van der Waals surface area contributed by atoms with Gasteiger partial charge in [-0.25, -0.2) is 4.98 Å². The fourth-order valence-corrected chi connectivity index (χ4v) is 4.29. The lowest BCUT2D eigenvalue weighted by Crippen LogP contribution is -2.38. The highest BCUT2D eigenvalue weighted by atomic mass is 32.2. The van der Waals surface area contributed by atoms with E-state index in [0.29, 0.717) is 11.3 Å². The number of hydrogen-bond acceptors (Lipinski definition) is 5. The van der Waals surface area contributed by atoms with Crippen LogP contribution in [0.5, 0.6) is 0 Å². The minimum Gasteiger partial charge on any atom is -0.353 e. The molecule has 3 heterocycles. The third kappa shape index (κ3) is 2.82. The number of hydrogen-bond donors (Lipinski definition) is 1. The molecule has 0 spiro atoms. The van der Waals surface area contributed by atoms with Crippen LogP contribution in [-0.4, -0.2) is 39.5 Å². The summed E-state index contributed by atoms with van der Waals surface area (Å²) in [5.74, 6) is 2.38. The van der Waals surface area contributed by atoms with Gasteiger partial charge in [-0.3, -0.25) is 4.40 Å². The third-order valence-electron chi connectivity index (χ3n) is 3.56. The average Bonchev–Trinajstić information content (AvgIpc) is 2.96. The standard InChI is InChI=1S/C14H22N4S2/c1-10(2)15-8-12-13(16-14-18(12)5-7-20-14)17-4-6-19-11(3)9-17/h5,7,10-11,15H,4,6,8-9H2,1-3H3. The Kier molecular flexibility index (Phi) is 4.23. The monoisotopic (exact) mass is 310 g/mol. The van der Waals surface area contributed by atoms with E-state index < -0.39 is 0 Å². The van der Waals surface area contributed by atoms with Crippen LogP contribution in [0, 0.1) is 0 Å². The molecule has 1 N–H and O–H groups in total. The molecule has 0 radical (unpaired) electrons. The van der Waals surface area contributed by atoms with Crippen molar-refractivity contribution in [1.29, 1.82) is 0 Å². The van der Waals surface area contributed by atoms with Gasteiger partial charge in [0.1, 0.15) is 0 Å². The molecule has 1 fully saturated rings. The van der Waals surface area contributed by atoms with Crippen LogP contribution in [0.3, 0.4) is 0 Å². The summed E-state index contributed by atoms with van der Waals surface area (Å²) in [6, 6.07) is 0.489. The number of nitrogens with zero attached hydrogens (tertiary/aromatic N) is 3. The number of anilines is 1. The van der Waals surface area contributed by atoms with Gasteiger partial charge in [0.05, 0.1) is 5.69 Å². The summed E-state index contributed by atoms with van der Waals surface area (Å²) in [5.41, 5.74) is 1.30. The molecule has 0 saturated carbocycles. The van der Waals surface area contributed by atoms with Gasteiger partial charge in [0.15, 0.2) is 10.8 Å². The SMILES string of the molecule is CC(C)NCc1c(N2CCSC(C)C2)nc2sccn12. The second-order valence-corrected chi connectivity index (χ2v) is 8.02. The fraction of sp³-hybridized carbons (Fsp3) is 0.643. The summed E-state index contributed by atoms with van der Waals surface area (Å²) in [5, 5.41) is 6.33. The first-order valence-electron chi connectivity index (χ1n) is 7.19. The first-order valence-corrected chi connectivity index (χ1v) is 9.12. The van der Waals surface area contributed by atoms with Crippen molar-refractivity contribution in [2.24, 2.45) is 0 Å². The van der Waals surface area contributed by atoms with E-state index in [-0.39, 0.29) is 0 Å². The molecule has 0 aromatic carbocycles. The van der Waals surface area contributed by atoms with Crippen LogP contribution < -0.4 is 10.2 Å². The number of thioether (sulfide) groups is 1. The molecule has 0 bridgehead atoms. The molecule has 2 aromatic rings. The molecule has 1 atom stereocenters. The molecule has 2 aromatic heterocycles. The average molecular weight is 310 g/mol. The zero-order chi connectivity index (χ0) is 14.1. The van der Waals surface area contributed by atoms with Crippen LogP contribution in [0.15, 0.2) is 11.6 Å².